The maximum absolute atomic E-state index is 6.36. The molecule has 2 aliphatic rings. The van der Waals surface area contributed by atoms with Crippen molar-refractivity contribution in [2.45, 2.75) is 51.5 Å². The summed E-state index contributed by atoms with van der Waals surface area (Å²) in [4.78, 5) is 0. The van der Waals surface area contributed by atoms with Crippen molar-refractivity contribution < 1.29 is 0 Å². The molecule has 0 aromatic carbocycles. The van der Waals surface area contributed by atoms with E-state index in [1.54, 1.807) is 0 Å². The molecular formula is C15H24ClN3. The van der Waals surface area contributed by atoms with Gasteiger partial charge in [-0.3, -0.25) is 4.68 Å². The van der Waals surface area contributed by atoms with Crippen LogP contribution in [0, 0.1) is 24.7 Å². The summed E-state index contributed by atoms with van der Waals surface area (Å²) >= 11 is 6.30. The van der Waals surface area contributed by atoms with Gasteiger partial charge in [-0.15, -0.1) is 0 Å². The largest absolute Gasteiger partial charge is 0.327 e. The van der Waals surface area contributed by atoms with Crippen LogP contribution in [0.15, 0.2) is 0 Å². The Bertz CT molecular complexity index is 468. The van der Waals surface area contributed by atoms with E-state index in [1.165, 1.54) is 25.7 Å². The molecule has 2 saturated carbocycles. The van der Waals surface area contributed by atoms with Crippen molar-refractivity contribution in [1.29, 1.82) is 0 Å². The lowest BCUT2D eigenvalue weighted by Gasteiger charge is -2.24. The molecule has 106 valence electrons. The van der Waals surface area contributed by atoms with Crippen LogP contribution in [0.25, 0.3) is 0 Å². The van der Waals surface area contributed by atoms with Crippen LogP contribution in [-0.2, 0) is 13.5 Å². The van der Waals surface area contributed by atoms with Gasteiger partial charge < -0.3 is 5.73 Å². The van der Waals surface area contributed by atoms with E-state index < -0.39 is 0 Å². The number of hydrogen-bond donors (Lipinski definition) is 1. The van der Waals surface area contributed by atoms with Gasteiger partial charge in [-0.25, -0.2) is 0 Å². The number of halogens is 1. The van der Waals surface area contributed by atoms with E-state index >= 15 is 0 Å². The van der Waals surface area contributed by atoms with Gasteiger partial charge in [0.05, 0.1) is 16.4 Å². The smallest absolute Gasteiger partial charge is 0.0847 e. The maximum Gasteiger partial charge on any atom is 0.0847 e. The molecule has 0 saturated heterocycles. The molecule has 2 fully saturated rings. The zero-order valence-corrected chi connectivity index (χ0v) is 12.7. The van der Waals surface area contributed by atoms with Crippen LogP contribution >= 0.6 is 11.6 Å². The zero-order chi connectivity index (χ0) is 13.6. The predicted octanol–water partition coefficient (Wildman–Crippen LogP) is 3.08. The summed E-state index contributed by atoms with van der Waals surface area (Å²) in [7, 11) is 1.96. The number of aryl methyl sites for hydroxylation is 2. The maximum atomic E-state index is 6.36. The number of fused-ring (bicyclic) bond motifs is 2. The monoisotopic (exact) mass is 281 g/mol. The zero-order valence-electron chi connectivity index (χ0n) is 11.9. The van der Waals surface area contributed by atoms with Gasteiger partial charge in [0.25, 0.3) is 0 Å². The SMILES string of the molecule is Cc1nn(C)c(CC(N)CC2CC3CCC2C3)c1Cl. The van der Waals surface area contributed by atoms with Crippen LogP contribution in [0.5, 0.6) is 0 Å². The van der Waals surface area contributed by atoms with E-state index in [9.17, 15) is 0 Å². The first-order valence-electron chi connectivity index (χ1n) is 7.48. The van der Waals surface area contributed by atoms with Gasteiger partial charge in [-0.05, 0) is 50.4 Å². The van der Waals surface area contributed by atoms with Gasteiger partial charge in [-0.1, -0.05) is 18.0 Å². The minimum atomic E-state index is 0.219. The van der Waals surface area contributed by atoms with E-state index in [0.29, 0.717) is 0 Å². The fourth-order valence-corrected chi connectivity index (χ4v) is 4.52. The Morgan fingerprint density at radius 1 is 1.42 bits per heavy atom. The van der Waals surface area contributed by atoms with Crippen molar-refractivity contribution >= 4 is 11.6 Å². The summed E-state index contributed by atoms with van der Waals surface area (Å²) in [6.07, 6.45) is 7.78. The summed E-state index contributed by atoms with van der Waals surface area (Å²) < 4.78 is 1.89. The van der Waals surface area contributed by atoms with Crippen molar-refractivity contribution in [2.75, 3.05) is 0 Å². The summed E-state index contributed by atoms with van der Waals surface area (Å²) in [6, 6.07) is 0.219. The lowest BCUT2D eigenvalue weighted by molar-refractivity contribution is 0.293. The molecule has 1 aromatic rings. The lowest BCUT2D eigenvalue weighted by Crippen LogP contribution is -2.29. The second-order valence-electron chi connectivity index (χ2n) is 6.60. The van der Waals surface area contributed by atoms with Gasteiger partial charge in [-0.2, -0.15) is 5.10 Å². The van der Waals surface area contributed by atoms with Gasteiger partial charge in [0.15, 0.2) is 0 Å². The van der Waals surface area contributed by atoms with Crippen LogP contribution in [-0.4, -0.2) is 15.8 Å². The minimum Gasteiger partial charge on any atom is -0.327 e. The Labute approximate surface area is 120 Å². The number of rotatable bonds is 4. The van der Waals surface area contributed by atoms with Gasteiger partial charge >= 0.3 is 0 Å². The highest BCUT2D eigenvalue weighted by Gasteiger charge is 2.39. The molecule has 4 atom stereocenters. The average Bonchev–Trinajstić information content (AvgIpc) is 3.01. The molecule has 2 aliphatic carbocycles. The van der Waals surface area contributed by atoms with E-state index in [2.05, 4.69) is 5.10 Å². The Morgan fingerprint density at radius 2 is 2.21 bits per heavy atom. The van der Waals surface area contributed by atoms with Gasteiger partial charge in [0.1, 0.15) is 0 Å². The van der Waals surface area contributed by atoms with Crippen molar-refractivity contribution in [1.82, 2.24) is 9.78 Å². The fraction of sp³-hybridized carbons (Fsp3) is 0.800. The van der Waals surface area contributed by atoms with E-state index in [-0.39, 0.29) is 6.04 Å². The predicted molar refractivity (Wildman–Crippen MR) is 78.2 cm³/mol. The molecule has 3 rings (SSSR count). The lowest BCUT2D eigenvalue weighted by atomic mass is 9.83. The fourth-order valence-electron chi connectivity index (χ4n) is 4.29. The summed E-state index contributed by atoms with van der Waals surface area (Å²) in [5.41, 5.74) is 8.37. The molecule has 4 unspecified atom stereocenters. The van der Waals surface area contributed by atoms with Crippen molar-refractivity contribution in [3.8, 4) is 0 Å². The third-order valence-corrected chi connectivity index (χ3v) is 5.70. The molecule has 0 aliphatic heterocycles. The second kappa shape index (κ2) is 5.10. The molecule has 2 N–H and O–H groups in total. The molecule has 2 bridgehead atoms. The molecule has 19 heavy (non-hydrogen) atoms. The number of hydrogen-bond acceptors (Lipinski definition) is 2. The number of nitrogens with two attached hydrogens (primary N) is 1. The third-order valence-electron chi connectivity index (χ3n) is 5.21. The van der Waals surface area contributed by atoms with Crippen LogP contribution < -0.4 is 5.73 Å². The summed E-state index contributed by atoms with van der Waals surface area (Å²) in [5, 5.41) is 5.16. The van der Waals surface area contributed by atoms with Crippen LogP contribution in [0.2, 0.25) is 5.02 Å². The summed E-state index contributed by atoms with van der Waals surface area (Å²) in [5.74, 6) is 2.83. The molecule has 1 aromatic heterocycles. The van der Waals surface area contributed by atoms with Crippen LogP contribution in [0.3, 0.4) is 0 Å². The highest BCUT2D eigenvalue weighted by atomic mass is 35.5. The molecule has 1 heterocycles. The second-order valence-corrected chi connectivity index (χ2v) is 6.98. The van der Waals surface area contributed by atoms with Crippen molar-refractivity contribution in [3.05, 3.63) is 16.4 Å². The van der Waals surface area contributed by atoms with Crippen LogP contribution in [0.1, 0.15) is 43.5 Å². The van der Waals surface area contributed by atoms with Crippen molar-refractivity contribution in [2.24, 2.45) is 30.5 Å². The quantitative estimate of drug-likeness (QED) is 0.922. The van der Waals surface area contributed by atoms with E-state index in [0.717, 1.165) is 47.0 Å². The molecule has 0 spiro atoms. The standard InChI is InChI=1S/C15H24ClN3/c1-9-15(16)14(19(2)18-9)8-13(17)7-12-6-10-3-4-11(12)5-10/h10-13H,3-8,17H2,1-2H3. The molecule has 3 nitrogen and oxygen atoms in total. The highest BCUT2D eigenvalue weighted by molar-refractivity contribution is 6.31. The van der Waals surface area contributed by atoms with E-state index in [4.69, 9.17) is 17.3 Å². The molecule has 4 heteroatoms. The highest BCUT2D eigenvalue weighted by Crippen LogP contribution is 2.49. The first-order chi connectivity index (χ1) is 9.04. The molecule has 0 amide bonds. The first-order valence-corrected chi connectivity index (χ1v) is 7.86. The Balaban J connectivity index is 1.60. The Kier molecular flexibility index (Phi) is 3.61. The van der Waals surface area contributed by atoms with Gasteiger partial charge in [0, 0.05) is 19.5 Å². The minimum absolute atomic E-state index is 0.219. The first kappa shape index (κ1) is 13.4. The van der Waals surface area contributed by atoms with E-state index in [1.807, 2.05) is 18.7 Å². The van der Waals surface area contributed by atoms with Crippen molar-refractivity contribution in [3.63, 3.8) is 0 Å². The number of aromatic nitrogens is 2. The Hall–Kier alpha value is -0.540. The summed E-state index contributed by atoms with van der Waals surface area (Å²) in [6.45, 7) is 1.95. The average molecular weight is 282 g/mol. The van der Waals surface area contributed by atoms with Crippen LogP contribution in [0.4, 0.5) is 0 Å². The molecule has 0 radical (unpaired) electrons. The third kappa shape index (κ3) is 2.55. The topological polar surface area (TPSA) is 43.8 Å². The van der Waals surface area contributed by atoms with Gasteiger partial charge in [0.2, 0.25) is 0 Å². The normalized spacial score (nSPS) is 31.1. The number of nitrogens with zero attached hydrogens (tertiary/aromatic N) is 2. The molecular weight excluding hydrogens is 258 g/mol. The Morgan fingerprint density at radius 3 is 2.74 bits per heavy atom.